The van der Waals surface area contributed by atoms with E-state index in [0.717, 1.165) is 38.6 Å². The molecule has 0 bridgehead atoms. The Morgan fingerprint density at radius 1 is 1.04 bits per heavy atom. The SMILES string of the molecule is O=C(c1ccccc1Cl)N1CCC(N2CCCCCC2=O)CC1. The molecule has 0 atom stereocenters. The second-order valence-corrected chi connectivity index (χ2v) is 6.81. The molecular weight excluding hydrogens is 312 g/mol. The molecule has 2 fully saturated rings. The molecule has 0 unspecified atom stereocenters. The first-order valence-electron chi connectivity index (χ1n) is 8.50. The van der Waals surface area contributed by atoms with Crippen LogP contribution in [0.2, 0.25) is 5.02 Å². The zero-order chi connectivity index (χ0) is 16.2. The van der Waals surface area contributed by atoms with E-state index < -0.39 is 0 Å². The number of halogens is 1. The van der Waals surface area contributed by atoms with Crippen molar-refractivity contribution in [3.05, 3.63) is 34.9 Å². The molecule has 2 aliphatic heterocycles. The number of rotatable bonds is 2. The highest BCUT2D eigenvalue weighted by atomic mass is 35.5. The lowest BCUT2D eigenvalue weighted by Crippen LogP contribution is -2.48. The van der Waals surface area contributed by atoms with Gasteiger partial charge in [0.2, 0.25) is 5.91 Å². The number of benzene rings is 1. The van der Waals surface area contributed by atoms with Gasteiger partial charge in [-0.15, -0.1) is 0 Å². The molecule has 2 amide bonds. The van der Waals surface area contributed by atoms with Crippen LogP contribution >= 0.6 is 11.6 Å². The molecule has 0 saturated carbocycles. The Morgan fingerprint density at radius 3 is 2.52 bits per heavy atom. The Bertz CT molecular complexity index is 582. The Hall–Kier alpha value is -1.55. The predicted molar refractivity (Wildman–Crippen MR) is 90.6 cm³/mol. The van der Waals surface area contributed by atoms with E-state index in [1.807, 2.05) is 17.0 Å². The molecule has 1 aromatic carbocycles. The maximum atomic E-state index is 12.6. The summed E-state index contributed by atoms with van der Waals surface area (Å²) in [6, 6.07) is 7.47. The quantitative estimate of drug-likeness (QED) is 0.832. The number of hydrogen-bond acceptors (Lipinski definition) is 2. The molecule has 0 aromatic heterocycles. The van der Waals surface area contributed by atoms with Crippen LogP contribution in [-0.4, -0.2) is 47.3 Å². The van der Waals surface area contributed by atoms with Gasteiger partial charge in [0.25, 0.3) is 5.91 Å². The van der Waals surface area contributed by atoms with Crippen molar-refractivity contribution < 1.29 is 9.59 Å². The summed E-state index contributed by atoms with van der Waals surface area (Å²) in [7, 11) is 0. The number of carbonyl (C=O) groups excluding carboxylic acids is 2. The van der Waals surface area contributed by atoms with Gasteiger partial charge < -0.3 is 9.80 Å². The minimum Gasteiger partial charge on any atom is -0.340 e. The van der Waals surface area contributed by atoms with E-state index >= 15 is 0 Å². The minimum absolute atomic E-state index is 0.00348. The maximum Gasteiger partial charge on any atom is 0.255 e. The van der Waals surface area contributed by atoms with Gasteiger partial charge in [0.1, 0.15) is 0 Å². The number of piperidine rings is 1. The van der Waals surface area contributed by atoms with E-state index in [9.17, 15) is 9.59 Å². The fourth-order valence-corrected chi connectivity index (χ4v) is 3.79. The average molecular weight is 335 g/mol. The normalized spacial score (nSPS) is 20.5. The van der Waals surface area contributed by atoms with Crippen molar-refractivity contribution in [2.24, 2.45) is 0 Å². The Kier molecular flexibility index (Phi) is 5.21. The van der Waals surface area contributed by atoms with Gasteiger partial charge in [-0.25, -0.2) is 0 Å². The summed E-state index contributed by atoms with van der Waals surface area (Å²) in [4.78, 5) is 28.7. The highest BCUT2D eigenvalue weighted by molar-refractivity contribution is 6.33. The molecule has 0 aliphatic carbocycles. The van der Waals surface area contributed by atoms with Crippen LogP contribution in [0.4, 0.5) is 0 Å². The molecule has 0 N–H and O–H groups in total. The van der Waals surface area contributed by atoms with Crippen molar-refractivity contribution in [1.29, 1.82) is 0 Å². The van der Waals surface area contributed by atoms with Crippen LogP contribution in [-0.2, 0) is 4.79 Å². The summed E-state index contributed by atoms with van der Waals surface area (Å²) in [5, 5.41) is 0.502. The second kappa shape index (κ2) is 7.35. The van der Waals surface area contributed by atoms with E-state index in [2.05, 4.69) is 4.90 Å². The molecule has 0 spiro atoms. The largest absolute Gasteiger partial charge is 0.340 e. The predicted octanol–water partition coefficient (Wildman–Crippen LogP) is 3.35. The number of nitrogens with zero attached hydrogens (tertiary/aromatic N) is 2. The van der Waals surface area contributed by atoms with E-state index in [4.69, 9.17) is 11.6 Å². The van der Waals surface area contributed by atoms with Crippen molar-refractivity contribution in [2.75, 3.05) is 19.6 Å². The van der Waals surface area contributed by atoms with Crippen LogP contribution in [0.1, 0.15) is 48.9 Å². The van der Waals surface area contributed by atoms with Crippen molar-refractivity contribution in [1.82, 2.24) is 9.80 Å². The van der Waals surface area contributed by atoms with Gasteiger partial charge in [-0.1, -0.05) is 30.2 Å². The van der Waals surface area contributed by atoms with Gasteiger partial charge >= 0.3 is 0 Å². The third-order valence-corrected chi connectivity index (χ3v) is 5.24. The Balaban J connectivity index is 1.61. The van der Waals surface area contributed by atoms with Crippen molar-refractivity contribution >= 4 is 23.4 Å². The van der Waals surface area contributed by atoms with Gasteiger partial charge in [-0.05, 0) is 37.8 Å². The summed E-state index contributed by atoms with van der Waals surface area (Å²) >= 11 is 6.13. The fourth-order valence-electron chi connectivity index (χ4n) is 3.58. The molecule has 2 saturated heterocycles. The monoisotopic (exact) mass is 334 g/mol. The minimum atomic E-state index is -0.00348. The van der Waals surface area contributed by atoms with Crippen LogP contribution in [0, 0.1) is 0 Å². The first-order valence-corrected chi connectivity index (χ1v) is 8.88. The maximum absolute atomic E-state index is 12.6. The number of hydrogen-bond donors (Lipinski definition) is 0. The highest BCUT2D eigenvalue weighted by Gasteiger charge is 2.30. The van der Waals surface area contributed by atoms with Crippen LogP contribution in [0.25, 0.3) is 0 Å². The molecule has 5 heteroatoms. The van der Waals surface area contributed by atoms with E-state index in [0.29, 0.717) is 36.0 Å². The lowest BCUT2D eigenvalue weighted by molar-refractivity contribution is -0.133. The van der Waals surface area contributed by atoms with Gasteiger partial charge in [-0.3, -0.25) is 9.59 Å². The Morgan fingerprint density at radius 2 is 1.78 bits per heavy atom. The summed E-state index contributed by atoms with van der Waals surface area (Å²) in [5.41, 5.74) is 0.568. The van der Waals surface area contributed by atoms with Crippen LogP contribution in [0.3, 0.4) is 0 Å². The number of carbonyl (C=O) groups is 2. The molecule has 4 nitrogen and oxygen atoms in total. The fraction of sp³-hybridized carbons (Fsp3) is 0.556. The lowest BCUT2D eigenvalue weighted by Gasteiger charge is -2.38. The topological polar surface area (TPSA) is 40.6 Å². The van der Waals surface area contributed by atoms with Gasteiger partial charge in [-0.2, -0.15) is 0 Å². The Labute approximate surface area is 142 Å². The summed E-state index contributed by atoms with van der Waals surface area (Å²) < 4.78 is 0. The zero-order valence-electron chi connectivity index (χ0n) is 13.3. The average Bonchev–Trinajstić information content (AvgIpc) is 2.79. The highest BCUT2D eigenvalue weighted by Crippen LogP contribution is 2.24. The van der Waals surface area contributed by atoms with Crippen molar-refractivity contribution in [3.8, 4) is 0 Å². The molecule has 0 radical (unpaired) electrons. The molecule has 1 aromatic rings. The molecule has 2 aliphatic rings. The van der Waals surface area contributed by atoms with E-state index in [1.165, 1.54) is 0 Å². The second-order valence-electron chi connectivity index (χ2n) is 6.40. The van der Waals surface area contributed by atoms with Crippen LogP contribution in [0.5, 0.6) is 0 Å². The first kappa shape index (κ1) is 16.3. The first-order chi connectivity index (χ1) is 11.2. The van der Waals surface area contributed by atoms with Gasteiger partial charge in [0.15, 0.2) is 0 Å². The van der Waals surface area contributed by atoms with Crippen LogP contribution in [0.15, 0.2) is 24.3 Å². The van der Waals surface area contributed by atoms with E-state index in [-0.39, 0.29) is 11.9 Å². The number of likely N-dealkylation sites (tertiary alicyclic amines) is 2. The van der Waals surface area contributed by atoms with E-state index in [1.54, 1.807) is 12.1 Å². The summed E-state index contributed by atoms with van der Waals surface area (Å²) in [5.74, 6) is 0.287. The summed E-state index contributed by atoms with van der Waals surface area (Å²) in [6.45, 7) is 2.26. The molecule has 124 valence electrons. The van der Waals surface area contributed by atoms with Crippen LogP contribution < -0.4 is 0 Å². The molecular formula is C18H23ClN2O2. The van der Waals surface area contributed by atoms with Crippen molar-refractivity contribution in [2.45, 2.75) is 44.6 Å². The van der Waals surface area contributed by atoms with Crippen molar-refractivity contribution in [3.63, 3.8) is 0 Å². The third kappa shape index (κ3) is 3.69. The zero-order valence-corrected chi connectivity index (χ0v) is 14.1. The number of amides is 2. The molecule has 3 rings (SSSR count). The lowest BCUT2D eigenvalue weighted by atomic mass is 10.0. The van der Waals surface area contributed by atoms with Gasteiger partial charge in [0, 0.05) is 32.1 Å². The molecule has 23 heavy (non-hydrogen) atoms. The standard InChI is InChI=1S/C18H23ClN2O2/c19-16-7-4-3-6-15(16)18(23)20-12-9-14(10-13-20)21-11-5-1-2-8-17(21)22/h3-4,6-7,14H,1-2,5,8-13H2. The third-order valence-electron chi connectivity index (χ3n) is 4.91. The summed E-state index contributed by atoms with van der Waals surface area (Å²) in [6.07, 6.45) is 5.67. The molecule has 2 heterocycles. The smallest absolute Gasteiger partial charge is 0.255 e. The van der Waals surface area contributed by atoms with Gasteiger partial charge in [0.05, 0.1) is 10.6 Å².